The SMILES string of the molecule is O=C(O)CC(P(=O)(O)O)P(=O)(O)O.[Na].[Na]. The third kappa shape index (κ3) is 9.47. The Labute approximate surface area is 129 Å². The molecule has 0 saturated heterocycles. The third-order valence-corrected chi connectivity index (χ3v) is 4.86. The zero-order valence-corrected chi connectivity index (χ0v) is 13.9. The summed E-state index contributed by atoms with van der Waals surface area (Å²) in [5, 5.41) is 5.66. The average Bonchev–Trinajstić information content (AvgIpc) is 1.77. The molecule has 0 saturated carbocycles. The Morgan fingerprint density at radius 1 is 1.00 bits per heavy atom. The molecule has 0 aromatic carbocycles. The van der Waals surface area contributed by atoms with Gasteiger partial charge in [0.2, 0.25) is 0 Å². The first-order valence-corrected chi connectivity index (χ1v) is 6.23. The molecule has 15 heavy (non-hydrogen) atoms. The predicted molar refractivity (Wildman–Crippen MR) is 51.6 cm³/mol. The topological polar surface area (TPSA) is 152 Å². The summed E-state index contributed by atoms with van der Waals surface area (Å²) in [4.78, 5) is 43.7. The van der Waals surface area contributed by atoms with Crippen LogP contribution in [0.25, 0.3) is 0 Å². The fourth-order valence-electron chi connectivity index (χ4n) is 0.590. The molecule has 0 spiro atoms. The first kappa shape index (κ1) is 22.0. The largest absolute Gasteiger partial charge is 0.481 e. The molecular weight excluding hydrogens is 272 g/mol. The quantitative estimate of drug-likeness (QED) is 0.304. The van der Waals surface area contributed by atoms with Crippen molar-refractivity contribution in [2.75, 3.05) is 0 Å². The summed E-state index contributed by atoms with van der Waals surface area (Å²) in [5.74, 6) is -1.68. The van der Waals surface area contributed by atoms with E-state index in [1.807, 2.05) is 0 Å². The molecule has 80 valence electrons. The minimum absolute atomic E-state index is 0. The molecule has 0 rings (SSSR count). The number of carboxylic acids is 1. The van der Waals surface area contributed by atoms with Crippen LogP contribution in [0.4, 0.5) is 0 Å². The van der Waals surface area contributed by atoms with Crippen LogP contribution in [0, 0.1) is 0 Å². The molecule has 5 N–H and O–H groups in total. The Hall–Kier alpha value is 1.77. The minimum Gasteiger partial charge on any atom is -0.481 e. The van der Waals surface area contributed by atoms with E-state index in [0.29, 0.717) is 0 Å². The van der Waals surface area contributed by atoms with Gasteiger partial charge < -0.3 is 24.7 Å². The zero-order valence-electron chi connectivity index (χ0n) is 8.14. The van der Waals surface area contributed by atoms with E-state index in [4.69, 9.17) is 24.7 Å². The summed E-state index contributed by atoms with van der Waals surface area (Å²) < 4.78 is 20.9. The summed E-state index contributed by atoms with van der Waals surface area (Å²) in [6.07, 6.45) is -1.27. The van der Waals surface area contributed by atoms with Gasteiger partial charge in [-0.25, -0.2) is 0 Å². The molecule has 0 heterocycles. The molecule has 0 aromatic heterocycles. The van der Waals surface area contributed by atoms with Gasteiger partial charge in [0.05, 0.1) is 6.42 Å². The minimum atomic E-state index is -5.10. The second kappa shape index (κ2) is 7.97. The molecule has 0 aliphatic rings. The summed E-state index contributed by atoms with van der Waals surface area (Å²) >= 11 is 0. The Morgan fingerprint density at radius 2 is 1.27 bits per heavy atom. The number of hydrogen-bond donors (Lipinski definition) is 5. The van der Waals surface area contributed by atoms with Crippen LogP contribution in [0.3, 0.4) is 0 Å². The van der Waals surface area contributed by atoms with Crippen LogP contribution in [0.1, 0.15) is 6.42 Å². The van der Waals surface area contributed by atoms with Gasteiger partial charge in [0.15, 0.2) is 5.40 Å². The number of aliphatic carboxylic acids is 1. The van der Waals surface area contributed by atoms with Gasteiger partial charge in [0.25, 0.3) is 0 Å². The first-order chi connectivity index (χ1) is 5.55. The molecule has 0 bridgehead atoms. The maximum absolute atomic E-state index is 10.5. The van der Waals surface area contributed by atoms with Crippen LogP contribution < -0.4 is 0 Å². The summed E-state index contributed by atoms with van der Waals surface area (Å²) in [6, 6.07) is 0. The van der Waals surface area contributed by atoms with Crippen molar-refractivity contribution >= 4 is 80.3 Å². The molecule has 0 unspecified atom stereocenters. The van der Waals surface area contributed by atoms with E-state index in [-0.39, 0.29) is 59.1 Å². The fraction of sp³-hybridized carbons (Fsp3) is 0.667. The van der Waals surface area contributed by atoms with Crippen LogP contribution in [-0.4, -0.2) is 95.2 Å². The maximum atomic E-state index is 10.5. The number of carboxylic acid groups (broad SMARTS) is 1. The molecule has 12 heteroatoms. The molecule has 0 atom stereocenters. The Balaban J connectivity index is -0.000000720. The number of carbonyl (C=O) groups is 1. The average molecular weight is 280 g/mol. The normalized spacial score (nSPS) is 11.5. The first-order valence-electron chi connectivity index (χ1n) is 2.87. The monoisotopic (exact) mass is 280 g/mol. The van der Waals surface area contributed by atoms with Crippen molar-refractivity contribution in [3.8, 4) is 0 Å². The van der Waals surface area contributed by atoms with E-state index in [2.05, 4.69) is 0 Å². The van der Waals surface area contributed by atoms with Gasteiger partial charge in [-0.2, -0.15) is 0 Å². The van der Waals surface area contributed by atoms with Crippen molar-refractivity contribution in [2.24, 2.45) is 0 Å². The molecular formula is C3H8Na2O8P2. The van der Waals surface area contributed by atoms with Crippen LogP contribution in [0.15, 0.2) is 0 Å². The van der Waals surface area contributed by atoms with Gasteiger partial charge in [-0.05, 0) is 0 Å². The molecule has 0 aliphatic heterocycles. The van der Waals surface area contributed by atoms with Crippen LogP contribution >= 0.6 is 15.2 Å². The van der Waals surface area contributed by atoms with Gasteiger partial charge in [0, 0.05) is 59.1 Å². The smallest absolute Gasteiger partial charge is 0.341 e. The second-order valence-corrected chi connectivity index (χ2v) is 6.27. The molecule has 0 aromatic rings. The summed E-state index contributed by atoms with van der Waals surface area (Å²) in [5.41, 5.74) is 0. The van der Waals surface area contributed by atoms with Gasteiger partial charge >= 0.3 is 21.2 Å². The van der Waals surface area contributed by atoms with Crippen molar-refractivity contribution in [2.45, 2.75) is 11.8 Å². The van der Waals surface area contributed by atoms with Crippen molar-refractivity contribution in [1.29, 1.82) is 0 Å². The molecule has 2 radical (unpaired) electrons. The Kier molecular flexibility index (Phi) is 11.7. The third-order valence-electron chi connectivity index (χ3n) is 1.13. The number of rotatable bonds is 4. The molecule has 0 fully saturated rings. The van der Waals surface area contributed by atoms with Gasteiger partial charge in [-0.3, -0.25) is 13.9 Å². The standard InChI is InChI=1S/C3H8O8P2.2Na/c4-2(5)1-3(12(6,7)8)13(9,10)11;;/h3H,1H2,(H,4,5)(H2,6,7,8)(H2,9,10,11);;. The fourth-order valence-corrected chi connectivity index (χ4v) is 2.95. The molecule has 0 aliphatic carbocycles. The molecule has 0 amide bonds. The maximum Gasteiger partial charge on any atom is 0.341 e. The van der Waals surface area contributed by atoms with E-state index in [9.17, 15) is 13.9 Å². The van der Waals surface area contributed by atoms with Crippen LogP contribution in [-0.2, 0) is 13.9 Å². The van der Waals surface area contributed by atoms with Crippen LogP contribution in [0.5, 0.6) is 0 Å². The molecule has 8 nitrogen and oxygen atoms in total. The van der Waals surface area contributed by atoms with E-state index >= 15 is 0 Å². The van der Waals surface area contributed by atoms with Crippen LogP contribution in [0.2, 0.25) is 0 Å². The van der Waals surface area contributed by atoms with Gasteiger partial charge in [0.1, 0.15) is 0 Å². The van der Waals surface area contributed by atoms with Crippen molar-refractivity contribution in [3.63, 3.8) is 0 Å². The predicted octanol–water partition coefficient (Wildman–Crippen LogP) is -1.62. The zero-order chi connectivity index (χ0) is 10.9. The second-order valence-electron chi connectivity index (χ2n) is 2.26. The summed E-state index contributed by atoms with van der Waals surface area (Å²) in [6.45, 7) is 0. The van der Waals surface area contributed by atoms with E-state index in [0.717, 1.165) is 0 Å². The van der Waals surface area contributed by atoms with Crippen molar-refractivity contribution in [3.05, 3.63) is 0 Å². The van der Waals surface area contributed by atoms with Crippen molar-refractivity contribution in [1.82, 2.24) is 0 Å². The van der Waals surface area contributed by atoms with Crippen molar-refractivity contribution < 1.29 is 38.6 Å². The van der Waals surface area contributed by atoms with Gasteiger partial charge in [-0.15, -0.1) is 0 Å². The van der Waals surface area contributed by atoms with E-state index in [1.54, 1.807) is 0 Å². The number of hydrogen-bond acceptors (Lipinski definition) is 3. The summed E-state index contributed by atoms with van der Waals surface area (Å²) in [7, 11) is -10.2. The van der Waals surface area contributed by atoms with E-state index in [1.165, 1.54) is 0 Å². The Bertz CT molecular complexity index is 270. The van der Waals surface area contributed by atoms with Gasteiger partial charge in [-0.1, -0.05) is 0 Å². The Morgan fingerprint density at radius 3 is 1.33 bits per heavy atom. The van der Waals surface area contributed by atoms with E-state index < -0.39 is 33.0 Å².